The Morgan fingerprint density at radius 1 is 1.15 bits per heavy atom. The smallest absolute Gasteiger partial charge is 0.329 e. The van der Waals surface area contributed by atoms with Crippen LogP contribution in [0.25, 0.3) is 0 Å². The topological polar surface area (TPSA) is 77.8 Å². The second kappa shape index (κ2) is 7.05. The van der Waals surface area contributed by atoms with Gasteiger partial charge in [-0.05, 0) is 12.5 Å². The molecule has 0 aliphatic rings. The molecule has 1 rings (SSSR count). The highest BCUT2D eigenvalue weighted by Crippen LogP contribution is 2.15. The van der Waals surface area contributed by atoms with Crippen LogP contribution in [0.15, 0.2) is 30.3 Å². The molecule has 110 valence electrons. The molecule has 1 aromatic rings. The number of hydrogen-bond acceptors (Lipinski definition) is 3. The number of nitrogens with zero attached hydrogens (tertiary/aromatic N) is 1. The summed E-state index contributed by atoms with van der Waals surface area (Å²) in [5.74, 6) is -1.83. The third kappa shape index (κ3) is 4.06. The van der Waals surface area contributed by atoms with Gasteiger partial charge < -0.3 is 15.1 Å². The molecule has 0 heterocycles. The summed E-state index contributed by atoms with van der Waals surface area (Å²) in [5.41, 5.74) is 0.827. The predicted molar refractivity (Wildman–Crippen MR) is 74.9 cm³/mol. The van der Waals surface area contributed by atoms with Crippen molar-refractivity contribution in [3.63, 3.8) is 0 Å². The SMILES string of the molecule is CC(C)C(=O)N(Cc1ccccc1)C(C(=O)O)C(C)O. The summed E-state index contributed by atoms with van der Waals surface area (Å²) in [6.45, 7) is 4.96. The van der Waals surface area contributed by atoms with Crippen LogP contribution < -0.4 is 0 Å². The van der Waals surface area contributed by atoms with Gasteiger partial charge in [-0.1, -0.05) is 44.2 Å². The van der Waals surface area contributed by atoms with Crippen molar-refractivity contribution in [2.75, 3.05) is 0 Å². The minimum atomic E-state index is -1.25. The first kappa shape index (κ1) is 16.2. The van der Waals surface area contributed by atoms with Crippen molar-refractivity contribution in [1.82, 2.24) is 4.90 Å². The van der Waals surface area contributed by atoms with Gasteiger partial charge >= 0.3 is 5.97 Å². The molecule has 20 heavy (non-hydrogen) atoms. The lowest BCUT2D eigenvalue weighted by Gasteiger charge is -2.32. The van der Waals surface area contributed by atoms with E-state index in [1.807, 2.05) is 30.3 Å². The maximum atomic E-state index is 12.2. The first-order valence-electron chi connectivity index (χ1n) is 6.60. The maximum absolute atomic E-state index is 12.2. The van der Waals surface area contributed by atoms with E-state index < -0.39 is 18.1 Å². The Morgan fingerprint density at radius 2 is 1.70 bits per heavy atom. The number of aliphatic hydroxyl groups excluding tert-OH is 1. The van der Waals surface area contributed by atoms with Crippen molar-refractivity contribution in [2.24, 2.45) is 5.92 Å². The molecular formula is C15H21NO4. The largest absolute Gasteiger partial charge is 0.480 e. The van der Waals surface area contributed by atoms with Crippen LogP contribution in [0.2, 0.25) is 0 Å². The maximum Gasteiger partial charge on any atom is 0.329 e. The first-order valence-corrected chi connectivity index (χ1v) is 6.60. The zero-order chi connectivity index (χ0) is 15.3. The van der Waals surface area contributed by atoms with Crippen molar-refractivity contribution >= 4 is 11.9 Å². The van der Waals surface area contributed by atoms with E-state index >= 15 is 0 Å². The summed E-state index contributed by atoms with van der Waals surface area (Å²) >= 11 is 0. The number of hydrogen-bond donors (Lipinski definition) is 2. The Hall–Kier alpha value is -1.88. The lowest BCUT2D eigenvalue weighted by molar-refractivity contribution is -0.157. The van der Waals surface area contributed by atoms with E-state index in [2.05, 4.69) is 0 Å². The normalized spacial score (nSPS) is 13.8. The molecule has 0 fully saturated rings. The molecule has 0 bridgehead atoms. The number of aliphatic carboxylic acids is 1. The molecule has 2 atom stereocenters. The molecule has 1 aromatic carbocycles. The van der Waals surface area contributed by atoms with Gasteiger partial charge in [-0.15, -0.1) is 0 Å². The Labute approximate surface area is 118 Å². The molecule has 2 unspecified atom stereocenters. The van der Waals surface area contributed by atoms with E-state index in [0.717, 1.165) is 5.56 Å². The van der Waals surface area contributed by atoms with Crippen molar-refractivity contribution in [3.8, 4) is 0 Å². The fraction of sp³-hybridized carbons (Fsp3) is 0.467. The summed E-state index contributed by atoms with van der Waals surface area (Å²) < 4.78 is 0. The van der Waals surface area contributed by atoms with Gasteiger partial charge in [0.05, 0.1) is 6.10 Å². The minimum Gasteiger partial charge on any atom is -0.480 e. The molecule has 5 heteroatoms. The van der Waals surface area contributed by atoms with Gasteiger partial charge in [-0.2, -0.15) is 0 Å². The van der Waals surface area contributed by atoms with Gasteiger partial charge in [0.15, 0.2) is 6.04 Å². The van der Waals surface area contributed by atoms with Gasteiger partial charge in [0.1, 0.15) is 0 Å². The van der Waals surface area contributed by atoms with E-state index in [-0.39, 0.29) is 18.4 Å². The van der Waals surface area contributed by atoms with Gasteiger partial charge in [-0.3, -0.25) is 4.79 Å². The predicted octanol–water partition coefficient (Wildman–Crippen LogP) is 1.51. The molecule has 0 aliphatic heterocycles. The second-order valence-electron chi connectivity index (χ2n) is 5.13. The molecule has 5 nitrogen and oxygen atoms in total. The number of rotatable bonds is 6. The quantitative estimate of drug-likeness (QED) is 0.827. The molecule has 0 saturated heterocycles. The van der Waals surface area contributed by atoms with Crippen LogP contribution in [0, 0.1) is 5.92 Å². The van der Waals surface area contributed by atoms with Gasteiger partial charge in [0, 0.05) is 12.5 Å². The van der Waals surface area contributed by atoms with Gasteiger partial charge in [-0.25, -0.2) is 4.79 Å². The number of aliphatic hydroxyl groups is 1. The fourth-order valence-corrected chi connectivity index (χ4v) is 2.03. The van der Waals surface area contributed by atoms with Gasteiger partial charge in [0.2, 0.25) is 5.91 Å². The van der Waals surface area contributed by atoms with Crippen molar-refractivity contribution in [1.29, 1.82) is 0 Å². The second-order valence-corrected chi connectivity index (χ2v) is 5.13. The Bertz CT molecular complexity index is 456. The highest BCUT2D eigenvalue weighted by atomic mass is 16.4. The number of carbonyl (C=O) groups is 2. The highest BCUT2D eigenvalue weighted by Gasteiger charge is 2.34. The molecule has 0 spiro atoms. The average Bonchev–Trinajstić information content (AvgIpc) is 2.37. The van der Waals surface area contributed by atoms with E-state index in [0.29, 0.717) is 0 Å². The highest BCUT2D eigenvalue weighted by molar-refractivity contribution is 5.85. The third-order valence-electron chi connectivity index (χ3n) is 3.02. The van der Waals surface area contributed by atoms with Crippen LogP contribution in [0.1, 0.15) is 26.3 Å². The van der Waals surface area contributed by atoms with E-state index in [4.69, 9.17) is 0 Å². The summed E-state index contributed by atoms with van der Waals surface area (Å²) in [7, 11) is 0. The molecule has 0 radical (unpaired) electrons. The first-order chi connectivity index (χ1) is 9.34. The monoisotopic (exact) mass is 279 g/mol. The number of benzene rings is 1. The van der Waals surface area contributed by atoms with Crippen molar-refractivity contribution in [2.45, 2.75) is 39.5 Å². The van der Waals surface area contributed by atoms with E-state index in [1.54, 1.807) is 13.8 Å². The van der Waals surface area contributed by atoms with Crippen LogP contribution in [0.5, 0.6) is 0 Å². The third-order valence-corrected chi connectivity index (χ3v) is 3.02. The number of carboxylic acids is 1. The number of amides is 1. The fourth-order valence-electron chi connectivity index (χ4n) is 2.03. The summed E-state index contributed by atoms with van der Waals surface area (Å²) in [5, 5.41) is 19.0. The number of carboxylic acid groups (broad SMARTS) is 1. The lowest BCUT2D eigenvalue weighted by atomic mass is 10.1. The minimum absolute atomic E-state index is 0.166. The van der Waals surface area contributed by atoms with Crippen LogP contribution in [-0.4, -0.2) is 39.1 Å². The molecule has 0 aliphatic carbocycles. The zero-order valence-electron chi connectivity index (χ0n) is 12.0. The summed E-state index contributed by atoms with van der Waals surface area (Å²) in [4.78, 5) is 24.8. The Morgan fingerprint density at radius 3 is 2.10 bits per heavy atom. The summed E-state index contributed by atoms with van der Waals surface area (Å²) in [6.07, 6.45) is -1.14. The van der Waals surface area contributed by atoms with Gasteiger partial charge in [0.25, 0.3) is 0 Å². The number of carbonyl (C=O) groups excluding carboxylic acids is 1. The van der Waals surface area contributed by atoms with Crippen LogP contribution in [0.4, 0.5) is 0 Å². The van der Waals surface area contributed by atoms with Crippen LogP contribution in [0.3, 0.4) is 0 Å². The van der Waals surface area contributed by atoms with Crippen LogP contribution >= 0.6 is 0 Å². The van der Waals surface area contributed by atoms with Crippen molar-refractivity contribution < 1.29 is 19.8 Å². The molecule has 1 amide bonds. The summed E-state index contributed by atoms with van der Waals surface area (Å²) in [6, 6.07) is 7.90. The lowest BCUT2D eigenvalue weighted by Crippen LogP contribution is -2.51. The Kier molecular flexibility index (Phi) is 5.70. The standard InChI is InChI=1S/C15H21NO4/c1-10(2)14(18)16(13(11(3)17)15(19)20)9-12-7-5-4-6-8-12/h4-8,10-11,13,17H,9H2,1-3H3,(H,19,20). The van der Waals surface area contributed by atoms with Crippen molar-refractivity contribution in [3.05, 3.63) is 35.9 Å². The molecule has 0 saturated carbocycles. The Balaban J connectivity index is 3.07. The average molecular weight is 279 g/mol. The molecule has 0 aromatic heterocycles. The molecular weight excluding hydrogens is 258 g/mol. The zero-order valence-corrected chi connectivity index (χ0v) is 12.0. The van der Waals surface area contributed by atoms with Crippen LogP contribution in [-0.2, 0) is 16.1 Å². The van der Waals surface area contributed by atoms with E-state index in [9.17, 15) is 19.8 Å². The van der Waals surface area contributed by atoms with E-state index in [1.165, 1.54) is 11.8 Å². The molecule has 2 N–H and O–H groups in total.